The normalized spacial score (nSPS) is 29.2. The molecule has 1 fully saturated rings. The molecule has 16 atom stereocenters. The van der Waals surface area contributed by atoms with Gasteiger partial charge in [-0.25, -0.2) is 0 Å². The van der Waals surface area contributed by atoms with Crippen molar-refractivity contribution >= 4 is 0 Å². The monoisotopic (exact) mass is 678 g/mol. The third-order valence-corrected chi connectivity index (χ3v) is 6.30. The molecule has 1 aliphatic rings. The van der Waals surface area contributed by atoms with Crippen molar-refractivity contribution in [1.82, 2.24) is 0 Å². The Morgan fingerprint density at radius 3 is 1.09 bits per heavy atom. The van der Waals surface area contributed by atoms with Gasteiger partial charge < -0.3 is 112 Å². The van der Waals surface area contributed by atoms with Crippen molar-refractivity contribution in [3.8, 4) is 0 Å². The second kappa shape index (κ2) is 24.3. The fraction of sp³-hybridized carbons (Fsp3) is 1.00. The van der Waals surface area contributed by atoms with Gasteiger partial charge in [0, 0.05) is 0 Å². The van der Waals surface area contributed by atoms with Crippen LogP contribution in [0.3, 0.4) is 0 Å². The summed E-state index contributed by atoms with van der Waals surface area (Å²) in [6.07, 6.45) is -25.8. The number of aliphatic hydroxyl groups is 20. The number of hydrogen-bond acceptors (Lipinski definition) is 22. The highest BCUT2D eigenvalue weighted by atomic mass is 16.7. The molecular weight excluding hydrogens is 628 g/mol. The van der Waals surface area contributed by atoms with Crippen molar-refractivity contribution in [1.29, 1.82) is 0 Å². The summed E-state index contributed by atoms with van der Waals surface area (Å²) in [5.74, 6) is 0. The fourth-order valence-corrected chi connectivity index (χ4v) is 3.31. The minimum Gasteiger partial charge on any atom is -0.394 e. The molecule has 0 bridgehead atoms. The van der Waals surface area contributed by atoms with Gasteiger partial charge in [-0.05, 0) is 0 Å². The van der Waals surface area contributed by atoms with E-state index in [1.54, 1.807) is 0 Å². The molecule has 1 heterocycles. The van der Waals surface area contributed by atoms with Crippen LogP contribution in [0, 0.1) is 0 Å². The van der Waals surface area contributed by atoms with E-state index in [0.29, 0.717) is 0 Å². The highest BCUT2D eigenvalue weighted by Gasteiger charge is 2.46. The Hall–Kier alpha value is -0.880. The molecule has 274 valence electrons. The lowest BCUT2D eigenvalue weighted by atomic mass is 9.98. The van der Waals surface area contributed by atoms with Gasteiger partial charge in [-0.3, -0.25) is 0 Å². The molecule has 45 heavy (non-hydrogen) atoms. The molecule has 22 heteroatoms. The SMILES string of the molecule is OC[C@@H](O)C(O)[C@@H](O)CO.OC[C@@H](O)[C@@H](O)[C@H](O)[C@@H](O)CO.OC[C@@H](O)[C@@H](O[C@H]1O[C@H](CO)[C@@H](O)[C@H](O)[C@H]1O)[C@H](O)[C@@H](O)CO. The van der Waals surface area contributed by atoms with Gasteiger partial charge >= 0.3 is 0 Å². The van der Waals surface area contributed by atoms with Crippen molar-refractivity contribution in [2.75, 3.05) is 46.2 Å². The van der Waals surface area contributed by atoms with Gasteiger partial charge in [0.05, 0.1) is 46.2 Å². The van der Waals surface area contributed by atoms with Crippen molar-refractivity contribution in [3.63, 3.8) is 0 Å². The van der Waals surface area contributed by atoms with Crippen LogP contribution in [-0.4, -0.2) is 246 Å². The maximum Gasteiger partial charge on any atom is 0.187 e. The average molecular weight is 679 g/mol. The fourth-order valence-electron chi connectivity index (χ4n) is 3.31. The van der Waals surface area contributed by atoms with Gasteiger partial charge in [-0.15, -0.1) is 0 Å². The highest BCUT2D eigenvalue weighted by molar-refractivity contribution is 4.91. The lowest BCUT2D eigenvalue weighted by Crippen LogP contribution is -2.61. The van der Waals surface area contributed by atoms with Crippen molar-refractivity contribution in [3.05, 3.63) is 0 Å². The highest BCUT2D eigenvalue weighted by Crippen LogP contribution is 2.25. The lowest BCUT2D eigenvalue weighted by molar-refractivity contribution is -0.327. The van der Waals surface area contributed by atoms with Crippen LogP contribution in [0.4, 0.5) is 0 Å². The van der Waals surface area contributed by atoms with Gasteiger partial charge in [0.15, 0.2) is 6.29 Å². The van der Waals surface area contributed by atoms with Gasteiger partial charge in [-0.2, -0.15) is 0 Å². The first-order valence-electron chi connectivity index (χ1n) is 13.4. The summed E-state index contributed by atoms with van der Waals surface area (Å²) in [5.41, 5.74) is 0. The van der Waals surface area contributed by atoms with E-state index in [9.17, 15) is 30.6 Å². The zero-order valence-corrected chi connectivity index (χ0v) is 23.9. The van der Waals surface area contributed by atoms with Gasteiger partial charge in [0.25, 0.3) is 0 Å². The van der Waals surface area contributed by atoms with Crippen LogP contribution in [0.2, 0.25) is 0 Å². The van der Waals surface area contributed by atoms with Crippen LogP contribution in [0.5, 0.6) is 0 Å². The van der Waals surface area contributed by atoms with E-state index in [0.717, 1.165) is 0 Å². The number of rotatable bonds is 17. The smallest absolute Gasteiger partial charge is 0.187 e. The minimum absolute atomic E-state index is 0.641. The quantitative estimate of drug-likeness (QED) is 0.0678. The summed E-state index contributed by atoms with van der Waals surface area (Å²) < 4.78 is 10.1. The molecule has 0 aliphatic carbocycles. The second-order valence-corrected chi connectivity index (χ2v) is 9.76. The molecule has 0 saturated carbocycles. The summed E-state index contributed by atoms with van der Waals surface area (Å²) >= 11 is 0. The first-order valence-corrected chi connectivity index (χ1v) is 13.4. The zero-order chi connectivity index (χ0) is 35.6. The Kier molecular flexibility index (Phi) is 25.0. The molecule has 22 nitrogen and oxygen atoms in total. The third-order valence-electron chi connectivity index (χ3n) is 6.30. The van der Waals surface area contributed by atoms with Crippen LogP contribution in [0.15, 0.2) is 0 Å². The predicted octanol–water partition coefficient (Wildman–Crippen LogP) is -12.3. The predicted molar refractivity (Wildman–Crippen MR) is 141 cm³/mol. The Balaban J connectivity index is 0. The molecule has 0 radical (unpaired) electrons. The molecule has 0 aromatic heterocycles. The number of ether oxygens (including phenoxy) is 2. The Labute approximate surface area is 256 Å². The van der Waals surface area contributed by atoms with Crippen LogP contribution in [0.1, 0.15) is 0 Å². The molecule has 1 rings (SSSR count). The second-order valence-electron chi connectivity index (χ2n) is 9.76. The summed E-state index contributed by atoms with van der Waals surface area (Å²) in [5, 5.41) is 180. The molecular formula is C23H50O22. The van der Waals surface area contributed by atoms with E-state index in [2.05, 4.69) is 0 Å². The zero-order valence-electron chi connectivity index (χ0n) is 23.9. The molecule has 20 N–H and O–H groups in total. The van der Waals surface area contributed by atoms with E-state index in [1.165, 1.54) is 0 Å². The van der Waals surface area contributed by atoms with Crippen LogP contribution in [0.25, 0.3) is 0 Å². The molecule has 1 aliphatic heterocycles. The van der Waals surface area contributed by atoms with Crippen molar-refractivity contribution in [2.45, 2.75) is 97.8 Å². The average Bonchev–Trinajstić information content (AvgIpc) is 3.07. The maximum atomic E-state index is 9.83. The molecule has 0 aromatic carbocycles. The van der Waals surface area contributed by atoms with E-state index < -0.39 is 144 Å². The van der Waals surface area contributed by atoms with E-state index in [1.807, 2.05) is 0 Å². The van der Waals surface area contributed by atoms with Gasteiger partial charge in [0.1, 0.15) is 91.6 Å². The largest absolute Gasteiger partial charge is 0.394 e. The molecule has 0 spiro atoms. The van der Waals surface area contributed by atoms with E-state index in [4.69, 9.17) is 81.0 Å². The maximum absolute atomic E-state index is 9.83. The first-order chi connectivity index (χ1) is 20.9. The van der Waals surface area contributed by atoms with E-state index >= 15 is 0 Å². The van der Waals surface area contributed by atoms with Gasteiger partial charge in [-0.1, -0.05) is 0 Å². The Bertz CT molecular complexity index is 684. The topological polar surface area (TPSA) is 423 Å². The standard InChI is InChI=1S/C12H24O11.C6H14O6.C5H12O5/c13-1-4(16)7(18)11(5(17)2-14)23-12-10(21)9(20)8(19)6(3-15)22-12;7-1-3(9)5(11)6(12)4(10)2-8;6-1-3(8)5(10)4(9)2-7/h4-21H,1-3H2;3-12H,1-2H2;3-10H,1-2H2/t4-,5+,6+,7+,8+,9-,10+,11+,12+;3-,4+,5-,6-;3-,4+,5?/m01./s1. The van der Waals surface area contributed by atoms with Gasteiger partial charge in [0.2, 0.25) is 0 Å². The molecule has 0 amide bonds. The first kappa shape index (κ1) is 46.2. The Morgan fingerprint density at radius 1 is 0.422 bits per heavy atom. The lowest BCUT2D eigenvalue weighted by Gasteiger charge is -2.42. The number of hydrogen-bond donors (Lipinski definition) is 20. The third kappa shape index (κ3) is 15.3. The van der Waals surface area contributed by atoms with Crippen LogP contribution >= 0.6 is 0 Å². The molecule has 1 saturated heterocycles. The number of aliphatic hydroxyl groups excluding tert-OH is 20. The Morgan fingerprint density at radius 2 is 0.756 bits per heavy atom. The van der Waals surface area contributed by atoms with Crippen molar-refractivity contribution < 1.29 is 112 Å². The summed E-state index contributed by atoms with van der Waals surface area (Å²) in [6, 6.07) is 0. The summed E-state index contributed by atoms with van der Waals surface area (Å²) in [6.45, 7) is -5.19. The van der Waals surface area contributed by atoms with Crippen molar-refractivity contribution in [2.24, 2.45) is 0 Å². The molecule has 1 unspecified atom stereocenters. The van der Waals surface area contributed by atoms with Crippen LogP contribution < -0.4 is 0 Å². The molecule has 0 aromatic rings. The van der Waals surface area contributed by atoms with E-state index in [-0.39, 0.29) is 0 Å². The summed E-state index contributed by atoms with van der Waals surface area (Å²) in [4.78, 5) is 0. The van der Waals surface area contributed by atoms with Crippen LogP contribution in [-0.2, 0) is 9.47 Å². The minimum atomic E-state index is -1.85. The summed E-state index contributed by atoms with van der Waals surface area (Å²) in [7, 11) is 0.